The fourth-order valence-corrected chi connectivity index (χ4v) is 3.39. The van der Waals surface area contributed by atoms with Gasteiger partial charge in [0.1, 0.15) is 0 Å². The Kier molecular flexibility index (Phi) is 3.47. The van der Waals surface area contributed by atoms with Gasteiger partial charge in [-0.2, -0.15) is 0 Å². The van der Waals surface area contributed by atoms with Gasteiger partial charge < -0.3 is 10.0 Å². The standard InChI is InChI=1S/C16H19NO3/c18-15(11-6-3-7-12(8-11)16(19)20)17-9-13-4-1-2-5-14(13)10-17/h1-2,4-5,11-12H,3,6-10H2,(H,19,20)/t11-,12+/m0/s1. The predicted molar refractivity (Wildman–Crippen MR) is 73.8 cm³/mol. The second-order valence-electron chi connectivity index (χ2n) is 5.86. The molecule has 1 aliphatic heterocycles. The highest BCUT2D eigenvalue weighted by molar-refractivity contribution is 5.81. The first kappa shape index (κ1) is 13.2. The lowest BCUT2D eigenvalue weighted by atomic mass is 9.81. The van der Waals surface area contributed by atoms with Crippen LogP contribution in [0.4, 0.5) is 0 Å². The molecule has 1 fully saturated rings. The average Bonchev–Trinajstić information content (AvgIpc) is 2.90. The Morgan fingerprint density at radius 3 is 2.25 bits per heavy atom. The van der Waals surface area contributed by atoms with E-state index in [1.54, 1.807) is 0 Å². The molecule has 1 amide bonds. The van der Waals surface area contributed by atoms with Crippen LogP contribution in [0.3, 0.4) is 0 Å². The van der Waals surface area contributed by atoms with E-state index in [0.717, 1.165) is 12.8 Å². The molecule has 0 unspecified atom stereocenters. The highest BCUT2D eigenvalue weighted by Gasteiger charge is 2.34. The number of benzene rings is 1. The molecule has 2 aliphatic rings. The average molecular weight is 273 g/mol. The maximum atomic E-state index is 12.6. The minimum absolute atomic E-state index is 0.112. The van der Waals surface area contributed by atoms with Crippen molar-refractivity contribution in [2.45, 2.75) is 38.8 Å². The summed E-state index contributed by atoms with van der Waals surface area (Å²) in [5.41, 5.74) is 2.43. The quantitative estimate of drug-likeness (QED) is 0.900. The van der Waals surface area contributed by atoms with Crippen LogP contribution in [0.25, 0.3) is 0 Å². The summed E-state index contributed by atoms with van der Waals surface area (Å²) in [5, 5.41) is 9.12. The molecule has 4 nitrogen and oxygen atoms in total. The Bertz CT molecular complexity index is 515. The second-order valence-corrected chi connectivity index (χ2v) is 5.86. The van der Waals surface area contributed by atoms with Crippen molar-refractivity contribution < 1.29 is 14.7 Å². The van der Waals surface area contributed by atoms with E-state index in [2.05, 4.69) is 12.1 Å². The number of rotatable bonds is 2. The van der Waals surface area contributed by atoms with Gasteiger partial charge >= 0.3 is 5.97 Å². The minimum atomic E-state index is -0.757. The van der Waals surface area contributed by atoms with Crippen LogP contribution >= 0.6 is 0 Å². The largest absolute Gasteiger partial charge is 0.481 e. The molecule has 0 saturated heterocycles. The molecule has 0 spiro atoms. The smallest absolute Gasteiger partial charge is 0.306 e. The van der Waals surface area contributed by atoms with Gasteiger partial charge in [-0.05, 0) is 30.4 Å². The molecule has 1 heterocycles. The monoisotopic (exact) mass is 273 g/mol. The summed E-state index contributed by atoms with van der Waals surface area (Å²) < 4.78 is 0. The van der Waals surface area contributed by atoms with Gasteiger partial charge in [0.05, 0.1) is 5.92 Å². The lowest BCUT2D eigenvalue weighted by molar-refractivity contribution is -0.145. The van der Waals surface area contributed by atoms with Crippen LogP contribution < -0.4 is 0 Å². The van der Waals surface area contributed by atoms with Crippen molar-refractivity contribution in [1.82, 2.24) is 4.90 Å². The molecular weight excluding hydrogens is 254 g/mol. The number of hydrogen-bond donors (Lipinski definition) is 1. The molecule has 1 aromatic rings. The zero-order chi connectivity index (χ0) is 14.1. The van der Waals surface area contributed by atoms with Crippen LogP contribution in [0.2, 0.25) is 0 Å². The first-order chi connectivity index (χ1) is 9.65. The molecular formula is C16H19NO3. The number of carboxylic acids is 1. The number of carboxylic acid groups (broad SMARTS) is 1. The molecule has 1 aliphatic carbocycles. The maximum absolute atomic E-state index is 12.6. The lowest BCUT2D eigenvalue weighted by Gasteiger charge is -2.29. The summed E-state index contributed by atoms with van der Waals surface area (Å²) in [4.78, 5) is 25.5. The Balaban J connectivity index is 1.67. The van der Waals surface area contributed by atoms with E-state index in [-0.39, 0.29) is 17.7 Å². The van der Waals surface area contributed by atoms with Crippen LogP contribution in [0.15, 0.2) is 24.3 Å². The third-order valence-electron chi connectivity index (χ3n) is 4.53. The van der Waals surface area contributed by atoms with E-state index in [1.165, 1.54) is 11.1 Å². The van der Waals surface area contributed by atoms with Crippen molar-refractivity contribution in [2.75, 3.05) is 0 Å². The van der Waals surface area contributed by atoms with E-state index in [4.69, 9.17) is 5.11 Å². The summed E-state index contributed by atoms with van der Waals surface area (Å²) in [5.74, 6) is -1.08. The summed E-state index contributed by atoms with van der Waals surface area (Å²) in [7, 11) is 0. The number of hydrogen-bond acceptors (Lipinski definition) is 2. The first-order valence-electron chi connectivity index (χ1n) is 7.23. The van der Waals surface area contributed by atoms with Crippen molar-refractivity contribution >= 4 is 11.9 Å². The summed E-state index contributed by atoms with van der Waals surface area (Å²) in [6, 6.07) is 8.11. The van der Waals surface area contributed by atoms with Crippen LogP contribution in [0.5, 0.6) is 0 Å². The van der Waals surface area contributed by atoms with Crippen molar-refractivity contribution in [3.05, 3.63) is 35.4 Å². The molecule has 1 N–H and O–H groups in total. The number of amides is 1. The Morgan fingerprint density at radius 2 is 1.65 bits per heavy atom. The molecule has 1 aromatic carbocycles. The molecule has 0 aromatic heterocycles. The maximum Gasteiger partial charge on any atom is 0.306 e. The van der Waals surface area contributed by atoms with Crippen LogP contribution in [0, 0.1) is 11.8 Å². The van der Waals surface area contributed by atoms with Gasteiger partial charge in [-0.15, -0.1) is 0 Å². The summed E-state index contributed by atoms with van der Waals surface area (Å²) in [6.07, 6.45) is 2.88. The first-order valence-corrected chi connectivity index (χ1v) is 7.23. The van der Waals surface area contributed by atoms with Crippen LogP contribution in [-0.4, -0.2) is 21.9 Å². The number of carbonyl (C=O) groups excluding carboxylic acids is 1. The van der Waals surface area contributed by atoms with Crippen molar-refractivity contribution in [1.29, 1.82) is 0 Å². The van der Waals surface area contributed by atoms with Gasteiger partial charge in [-0.1, -0.05) is 30.7 Å². The fourth-order valence-electron chi connectivity index (χ4n) is 3.39. The molecule has 3 rings (SSSR count). The molecule has 4 heteroatoms. The number of fused-ring (bicyclic) bond motifs is 1. The van der Waals surface area contributed by atoms with Crippen LogP contribution in [0.1, 0.15) is 36.8 Å². The topological polar surface area (TPSA) is 57.6 Å². The van der Waals surface area contributed by atoms with Crippen molar-refractivity contribution in [2.24, 2.45) is 11.8 Å². The number of nitrogens with zero attached hydrogens (tertiary/aromatic N) is 1. The van der Waals surface area contributed by atoms with E-state index in [0.29, 0.717) is 25.9 Å². The third-order valence-corrected chi connectivity index (χ3v) is 4.53. The fraction of sp³-hybridized carbons (Fsp3) is 0.500. The van der Waals surface area contributed by atoms with E-state index in [1.807, 2.05) is 17.0 Å². The van der Waals surface area contributed by atoms with Crippen molar-refractivity contribution in [3.63, 3.8) is 0 Å². The zero-order valence-electron chi connectivity index (χ0n) is 11.4. The molecule has 0 bridgehead atoms. The van der Waals surface area contributed by atoms with Gasteiger partial charge in [0.25, 0.3) is 0 Å². The van der Waals surface area contributed by atoms with Gasteiger partial charge in [0.15, 0.2) is 0 Å². The van der Waals surface area contributed by atoms with E-state index in [9.17, 15) is 9.59 Å². The molecule has 2 atom stereocenters. The van der Waals surface area contributed by atoms with Gasteiger partial charge in [-0.3, -0.25) is 9.59 Å². The zero-order valence-corrected chi connectivity index (χ0v) is 11.4. The SMILES string of the molecule is O=C(O)[C@@H]1CCC[C@H](C(=O)N2Cc3ccccc3C2)C1. The van der Waals surface area contributed by atoms with Gasteiger partial charge in [0, 0.05) is 19.0 Å². The van der Waals surface area contributed by atoms with Gasteiger partial charge in [0.2, 0.25) is 5.91 Å². The molecule has 0 radical (unpaired) electrons. The van der Waals surface area contributed by atoms with E-state index < -0.39 is 5.97 Å². The Hall–Kier alpha value is -1.84. The van der Waals surface area contributed by atoms with E-state index >= 15 is 0 Å². The van der Waals surface area contributed by atoms with Crippen molar-refractivity contribution in [3.8, 4) is 0 Å². The Morgan fingerprint density at radius 1 is 1.05 bits per heavy atom. The third kappa shape index (κ3) is 2.42. The highest BCUT2D eigenvalue weighted by Crippen LogP contribution is 2.33. The lowest BCUT2D eigenvalue weighted by Crippen LogP contribution is -2.36. The molecule has 106 valence electrons. The number of carbonyl (C=O) groups is 2. The normalized spacial score (nSPS) is 25.3. The van der Waals surface area contributed by atoms with Gasteiger partial charge in [-0.25, -0.2) is 0 Å². The summed E-state index contributed by atoms with van der Waals surface area (Å²) in [6.45, 7) is 1.34. The van der Waals surface area contributed by atoms with Crippen LogP contribution in [-0.2, 0) is 22.7 Å². The highest BCUT2D eigenvalue weighted by atomic mass is 16.4. The Labute approximate surface area is 118 Å². The minimum Gasteiger partial charge on any atom is -0.481 e. The molecule has 1 saturated carbocycles. The predicted octanol–water partition coefficient (Wildman–Crippen LogP) is 2.42. The summed E-state index contributed by atoms with van der Waals surface area (Å²) >= 11 is 0. The number of aliphatic carboxylic acids is 1. The second kappa shape index (κ2) is 5.27. The molecule has 20 heavy (non-hydrogen) atoms.